The maximum atomic E-state index is 12.7. The molecule has 2 aliphatic rings. The molecule has 4 rings (SSSR count). The molecule has 1 amide bonds. The second kappa shape index (κ2) is 7.24. The van der Waals surface area contributed by atoms with E-state index in [1.54, 1.807) is 0 Å². The Morgan fingerprint density at radius 1 is 1.20 bits per heavy atom. The molecule has 1 atom stereocenters. The molecule has 0 saturated heterocycles. The Labute approximate surface area is 153 Å². The summed E-state index contributed by atoms with van der Waals surface area (Å²) in [5, 5.41) is 5.03. The van der Waals surface area contributed by atoms with Crippen molar-refractivity contribution in [1.29, 1.82) is 0 Å². The Hall–Kier alpha value is -1.75. The highest BCUT2D eigenvalue weighted by Crippen LogP contribution is 2.35. The molecule has 0 bridgehead atoms. The summed E-state index contributed by atoms with van der Waals surface area (Å²) < 4.78 is 2.08. The van der Waals surface area contributed by atoms with E-state index >= 15 is 0 Å². The van der Waals surface area contributed by atoms with Gasteiger partial charge in [0, 0.05) is 30.7 Å². The molecule has 25 heavy (non-hydrogen) atoms. The molecule has 2 aromatic rings. The number of carbonyl (C=O) groups is 1. The number of carbonyl (C=O) groups excluding carboxylic acids is 1. The van der Waals surface area contributed by atoms with Crippen molar-refractivity contribution in [3.8, 4) is 0 Å². The molecule has 1 aromatic heterocycles. The number of rotatable bonds is 4. The zero-order valence-corrected chi connectivity index (χ0v) is 15.5. The molecule has 1 saturated carbocycles. The smallest absolute Gasteiger partial charge is 0.227 e. The molecule has 1 N–H and O–H groups in total. The fraction of sp³-hybridized carbons (Fsp3) is 0.500. The van der Waals surface area contributed by atoms with Gasteiger partial charge in [-0.2, -0.15) is 0 Å². The van der Waals surface area contributed by atoms with Crippen LogP contribution in [0.5, 0.6) is 0 Å². The second-order valence-corrected chi connectivity index (χ2v) is 8.48. The third-order valence-corrected chi connectivity index (χ3v) is 6.93. The van der Waals surface area contributed by atoms with E-state index in [9.17, 15) is 4.79 Å². The number of imidazole rings is 1. The summed E-state index contributed by atoms with van der Waals surface area (Å²) in [4.78, 5) is 17.1. The summed E-state index contributed by atoms with van der Waals surface area (Å²) in [7, 11) is 2.04. The minimum absolute atomic E-state index is 0.0517. The van der Waals surface area contributed by atoms with Crippen LogP contribution in [0.1, 0.15) is 49.1 Å². The molecule has 5 heteroatoms. The van der Waals surface area contributed by atoms with E-state index in [1.807, 2.05) is 37.3 Å². The van der Waals surface area contributed by atoms with Crippen LogP contribution in [0.3, 0.4) is 0 Å². The Morgan fingerprint density at radius 3 is 2.76 bits per heavy atom. The van der Waals surface area contributed by atoms with Crippen LogP contribution in [0.2, 0.25) is 0 Å². The fourth-order valence-electron chi connectivity index (χ4n) is 4.07. The van der Waals surface area contributed by atoms with Crippen molar-refractivity contribution in [1.82, 2.24) is 14.9 Å². The average molecular weight is 356 g/mol. The molecule has 4 nitrogen and oxygen atoms in total. The monoisotopic (exact) mass is 355 g/mol. The molecule has 132 valence electrons. The average Bonchev–Trinajstić information content (AvgIpc) is 3.23. The number of nitrogens with zero attached hydrogens (tertiary/aromatic N) is 2. The van der Waals surface area contributed by atoms with Crippen molar-refractivity contribution in [3.05, 3.63) is 47.8 Å². The van der Waals surface area contributed by atoms with Gasteiger partial charge in [0.05, 0.1) is 5.92 Å². The molecule has 1 heterocycles. The molecular formula is C20H25N3OS. The van der Waals surface area contributed by atoms with E-state index in [1.165, 1.54) is 11.1 Å². The van der Waals surface area contributed by atoms with Crippen molar-refractivity contribution >= 4 is 17.7 Å². The topological polar surface area (TPSA) is 46.9 Å². The highest BCUT2D eigenvalue weighted by atomic mass is 32.2. The summed E-state index contributed by atoms with van der Waals surface area (Å²) >= 11 is 1.87. The van der Waals surface area contributed by atoms with Crippen LogP contribution < -0.4 is 5.32 Å². The van der Waals surface area contributed by atoms with Crippen molar-refractivity contribution in [2.45, 2.75) is 60.9 Å². The Balaban J connectivity index is 1.29. The van der Waals surface area contributed by atoms with Gasteiger partial charge < -0.3 is 9.88 Å². The summed E-state index contributed by atoms with van der Waals surface area (Å²) in [5.74, 6) is 0.279. The quantitative estimate of drug-likeness (QED) is 0.910. The predicted molar refractivity (Wildman–Crippen MR) is 101 cm³/mol. The zero-order chi connectivity index (χ0) is 17.2. The minimum atomic E-state index is 0.0517. The number of fused-ring (bicyclic) bond motifs is 1. The van der Waals surface area contributed by atoms with E-state index in [2.05, 4.69) is 33.1 Å². The van der Waals surface area contributed by atoms with Gasteiger partial charge in [0.25, 0.3) is 0 Å². The van der Waals surface area contributed by atoms with E-state index < -0.39 is 0 Å². The second-order valence-electron chi connectivity index (χ2n) is 7.21. The lowest BCUT2D eigenvalue weighted by atomic mass is 9.93. The largest absolute Gasteiger partial charge is 0.353 e. The molecule has 1 fully saturated rings. The van der Waals surface area contributed by atoms with Gasteiger partial charge in [-0.25, -0.2) is 4.98 Å². The molecule has 0 aliphatic heterocycles. The van der Waals surface area contributed by atoms with Crippen LogP contribution >= 0.6 is 11.8 Å². The van der Waals surface area contributed by atoms with Gasteiger partial charge in [-0.15, -0.1) is 0 Å². The van der Waals surface area contributed by atoms with Crippen LogP contribution in [0, 0.1) is 0 Å². The highest BCUT2D eigenvalue weighted by Gasteiger charge is 2.31. The number of aromatic nitrogens is 2. The van der Waals surface area contributed by atoms with E-state index in [-0.39, 0.29) is 11.8 Å². The Morgan fingerprint density at radius 2 is 2.00 bits per heavy atom. The zero-order valence-electron chi connectivity index (χ0n) is 14.6. The predicted octanol–water partition coefficient (Wildman–Crippen LogP) is 3.67. The van der Waals surface area contributed by atoms with Crippen LogP contribution in [0.15, 0.2) is 41.8 Å². The lowest BCUT2D eigenvalue weighted by molar-refractivity contribution is -0.123. The summed E-state index contributed by atoms with van der Waals surface area (Å²) in [5.41, 5.74) is 2.58. The van der Waals surface area contributed by atoms with Gasteiger partial charge in [0.1, 0.15) is 0 Å². The minimum Gasteiger partial charge on any atom is -0.353 e. The maximum Gasteiger partial charge on any atom is 0.227 e. The molecule has 0 radical (unpaired) electrons. The molecular weight excluding hydrogens is 330 g/mol. The van der Waals surface area contributed by atoms with Crippen LogP contribution in [0.4, 0.5) is 0 Å². The van der Waals surface area contributed by atoms with Crippen molar-refractivity contribution < 1.29 is 4.79 Å². The van der Waals surface area contributed by atoms with Gasteiger partial charge in [0.15, 0.2) is 5.16 Å². The first kappa shape index (κ1) is 16.7. The fourth-order valence-corrected chi connectivity index (χ4v) is 5.23. The Bertz CT molecular complexity index is 749. The third-order valence-electron chi connectivity index (χ3n) is 5.52. The van der Waals surface area contributed by atoms with Crippen molar-refractivity contribution in [2.24, 2.45) is 7.05 Å². The van der Waals surface area contributed by atoms with Crippen LogP contribution in [-0.2, 0) is 18.3 Å². The van der Waals surface area contributed by atoms with E-state index in [4.69, 9.17) is 0 Å². The van der Waals surface area contributed by atoms with Gasteiger partial charge in [0.2, 0.25) is 5.91 Å². The van der Waals surface area contributed by atoms with E-state index in [0.717, 1.165) is 43.7 Å². The maximum absolute atomic E-state index is 12.7. The van der Waals surface area contributed by atoms with Crippen molar-refractivity contribution in [3.63, 3.8) is 0 Å². The molecule has 1 aromatic carbocycles. The summed E-state index contributed by atoms with van der Waals surface area (Å²) in [6, 6.07) is 8.72. The van der Waals surface area contributed by atoms with Gasteiger partial charge in [-0.3, -0.25) is 4.79 Å². The number of hydrogen-bond acceptors (Lipinski definition) is 3. The highest BCUT2D eigenvalue weighted by molar-refractivity contribution is 7.99. The number of benzene rings is 1. The molecule has 0 spiro atoms. The number of hydrogen-bond donors (Lipinski definition) is 1. The SMILES string of the molecule is Cn1ccnc1SC1CCC(NC(=O)C2CCc3ccccc32)CC1. The lowest BCUT2D eigenvalue weighted by Crippen LogP contribution is -2.40. The summed E-state index contributed by atoms with van der Waals surface area (Å²) in [6.45, 7) is 0. The van der Waals surface area contributed by atoms with Crippen LogP contribution in [-0.4, -0.2) is 26.8 Å². The number of thioether (sulfide) groups is 1. The van der Waals surface area contributed by atoms with Crippen molar-refractivity contribution in [2.75, 3.05) is 0 Å². The normalized spacial score (nSPS) is 25.6. The standard InChI is InChI=1S/C20H25N3OS/c1-23-13-12-21-20(23)25-16-9-7-15(8-10-16)22-19(24)18-11-6-14-4-2-3-5-17(14)18/h2-5,12-13,15-16,18H,6-11H2,1H3,(H,22,24). The van der Waals surface area contributed by atoms with Gasteiger partial charge in [-0.05, 0) is 49.7 Å². The third kappa shape index (κ3) is 3.61. The molecule has 1 unspecified atom stereocenters. The summed E-state index contributed by atoms with van der Waals surface area (Å²) in [6.07, 6.45) is 10.3. The lowest BCUT2D eigenvalue weighted by Gasteiger charge is -2.29. The number of nitrogens with one attached hydrogen (secondary N) is 1. The number of aryl methyl sites for hydroxylation is 2. The first-order valence-corrected chi connectivity index (χ1v) is 10.1. The van der Waals surface area contributed by atoms with Gasteiger partial charge >= 0.3 is 0 Å². The van der Waals surface area contributed by atoms with E-state index in [0.29, 0.717) is 11.3 Å². The molecule has 2 aliphatic carbocycles. The Kier molecular flexibility index (Phi) is 4.84. The first-order valence-electron chi connectivity index (χ1n) is 9.23. The first-order chi connectivity index (χ1) is 12.2. The van der Waals surface area contributed by atoms with Gasteiger partial charge in [-0.1, -0.05) is 36.0 Å². The number of amides is 1. The van der Waals surface area contributed by atoms with Crippen LogP contribution in [0.25, 0.3) is 0 Å².